The van der Waals surface area contributed by atoms with Gasteiger partial charge < -0.3 is 10.2 Å². The zero-order valence-corrected chi connectivity index (χ0v) is 12.2. The standard InChI is InChI=1S/C16H34O2.CH4/c17-15-13-11-9-7-5-3-1-2-4-6-8-10-12-14-16-18;/h17-18H,1-16H2;1H4. The average molecular weight is 274 g/mol. The van der Waals surface area contributed by atoms with Gasteiger partial charge in [0, 0.05) is 13.2 Å². The first kappa shape index (κ1) is 21.2. The second-order valence-corrected chi connectivity index (χ2v) is 5.40. The first-order chi connectivity index (χ1) is 8.91. The van der Waals surface area contributed by atoms with Gasteiger partial charge >= 0.3 is 0 Å². The Morgan fingerprint density at radius 3 is 0.632 bits per heavy atom. The Morgan fingerprint density at radius 1 is 0.316 bits per heavy atom. The van der Waals surface area contributed by atoms with Gasteiger partial charge in [-0.05, 0) is 12.8 Å². The van der Waals surface area contributed by atoms with Gasteiger partial charge in [0.05, 0.1) is 0 Å². The van der Waals surface area contributed by atoms with Gasteiger partial charge in [-0.15, -0.1) is 0 Å². The summed E-state index contributed by atoms with van der Waals surface area (Å²) in [5.74, 6) is 0. The molecule has 0 heterocycles. The molecule has 19 heavy (non-hydrogen) atoms. The van der Waals surface area contributed by atoms with Crippen LogP contribution in [0.2, 0.25) is 0 Å². The van der Waals surface area contributed by atoms with Crippen molar-refractivity contribution in [3.8, 4) is 0 Å². The van der Waals surface area contributed by atoms with Crippen LogP contribution >= 0.6 is 0 Å². The molecule has 0 bridgehead atoms. The summed E-state index contributed by atoms with van der Waals surface area (Å²) in [5, 5.41) is 17.3. The largest absolute Gasteiger partial charge is 0.396 e. The first-order valence-corrected chi connectivity index (χ1v) is 8.13. The highest BCUT2D eigenvalue weighted by Gasteiger charge is 1.93. The van der Waals surface area contributed by atoms with Crippen molar-refractivity contribution in [2.45, 2.75) is 97.3 Å². The maximum absolute atomic E-state index is 8.65. The summed E-state index contributed by atoms with van der Waals surface area (Å²) in [4.78, 5) is 0. The first-order valence-electron chi connectivity index (χ1n) is 8.13. The van der Waals surface area contributed by atoms with Gasteiger partial charge in [0.2, 0.25) is 0 Å². The van der Waals surface area contributed by atoms with E-state index in [0.29, 0.717) is 13.2 Å². The van der Waals surface area contributed by atoms with E-state index in [1.54, 1.807) is 0 Å². The molecule has 2 nitrogen and oxygen atoms in total. The van der Waals surface area contributed by atoms with Crippen molar-refractivity contribution >= 4 is 0 Å². The van der Waals surface area contributed by atoms with E-state index in [1.165, 1.54) is 77.0 Å². The Labute approximate surface area is 121 Å². The van der Waals surface area contributed by atoms with Crippen molar-refractivity contribution in [2.75, 3.05) is 13.2 Å². The summed E-state index contributed by atoms with van der Waals surface area (Å²) in [7, 11) is 0. The number of unbranched alkanes of at least 4 members (excludes halogenated alkanes) is 13. The monoisotopic (exact) mass is 274 g/mol. The van der Waals surface area contributed by atoms with Crippen LogP contribution in [0.15, 0.2) is 0 Å². The smallest absolute Gasteiger partial charge is 0.0431 e. The van der Waals surface area contributed by atoms with E-state index in [0.717, 1.165) is 12.8 Å². The van der Waals surface area contributed by atoms with Crippen molar-refractivity contribution in [3.05, 3.63) is 0 Å². The van der Waals surface area contributed by atoms with Crippen molar-refractivity contribution in [2.24, 2.45) is 0 Å². The summed E-state index contributed by atoms with van der Waals surface area (Å²) in [6.07, 6.45) is 18.0. The SMILES string of the molecule is C.OCCCCCCCCCCCCCCCCO. The minimum atomic E-state index is 0. The molecular weight excluding hydrogens is 236 g/mol. The molecule has 0 spiro atoms. The predicted octanol–water partition coefficient (Wildman–Crippen LogP) is 5.07. The normalized spacial score (nSPS) is 10.4. The van der Waals surface area contributed by atoms with Gasteiger partial charge in [-0.25, -0.2) is 0 Å². The molecule has 0 radical (unpaired) electrons. The van der Waals surface area contributed by atoms with E-state index in [9.17, 15) is 0 Å². The molecule has 0 rings (SSSR count). The van der Waals surface area contributed by atoms with Crippen LogP contribution < -0.4 is 0 Å². The van der Waals surface area contributed by atoms with Gasteiger partial charge in [-0.1, -0.05) is 84.5 Å². The lowest BCUT2D eigenvalue weighted by atomic mass is 10.0. The van der Waals surface area contributed by atoms with E-state index in [-0.39, 0.29) is 7.43 Å². The van der Waals surface area contributed by atoms with Crippen LogP contribution in [-0.2, 0) is 0 Å². The van der Waals surface area contributed by atoms with E-state index in [2.05, 4.69) is 0 Å². The third-order valence-electron chi connectivity index (χ3n) is 3.57. The highest BCUT2D eigenvalue weighted by Crippen LogP contribution is 2.12. The van der Waals surface area contributed by atoms with Crippen LogP contribution in [0.25, 0.3) is 0 Å². The van der Waals surface area contributed by atoms with E-state index < -0.39 is 0 Å². The molecular formula is C17H38O2. The second-order valence-electron chi connectivity index (χ2n) is 5.40. The number of rotatable bonds is 15. The van der Waals surface area contributed by atoms with Crippen LogP contribution in [0.5, 0.6) is 0 Å². The van der Waals surface area contributed by atoms with E-state index >= 15 is 0 Å². The molecule has 0 amide bonds. The zero-order valence-electron chi connectivity index (χ0n) is 12.2. The molecule has 0 atom stereocenters. The van der Waals surface area contributed by atoms with Crippen molar-refractivity contribution in [1.29, 1.82) is 0 Å². The lowest BCUT2D eigenvalue weighted by Gasteiger charge is -2.02. The van der Waals surface area contributed by atoms with Gasteiger partial charge in [0.15, 0.2) is 0 Å². The van der Waals surface area contributed by atoms with E-state index in [1.807, 2.05) is 0 Å². The Bertz CT molecular complexity index is 121. The molecule has 0 aromatic carbocycles. The number of aliphatic hydroxyl groups excluding tert-OH is 2. The molecule has 2 N–H and O–H groups in total. The summed E-state index contributed by atoms with van der Waals surface area (Å²) >= 11 is 0. The van der Waals surface area contributed by atoms with Crippen molar-refractivity contribution in [1.82, 2.24) is 0 Å². The average Bonchev–Trinajstić information content (AvgIpc) is 2.39. The Kier molecular flexibility index (Phi) is 22.6. The third-order valence-corrected chi connectivity index (χ3v) is 3.57. The molecule has 0 aromatic rings. The molecule has 0 aliphatic heterocycles. The lowest BCUT2D eigenvalue weighted by Crippen LogP contribution is -1.85. The van der Waals surface area contributed by atoms with Gasteiger partial charge in [0.25, 0.3) is 0 Å². The van der Waals surface area contributed by atoms with Crippen LogP contribution in [-0.4, -0.2) is 23.4 Å². The fourth-order valence-corrected chi connectivity index (χ4v) is 2.34. The minimum Gasteiger partial charge on any atom is -0.396 e. The Hall–Kier alpha value is -0.0800. The molecule has 0 saturated heterocycles. The fourth-order valence-electron chi connectivity index (χ4n) is 2.34. The third kappa shape index (κ3) is 20.4. The molecule has 0 aromatic heterocycles. The fraction of sp³-hybridized carbons (Fsp3) is 1.00. The van der Waals surface area contributed by atoms with Crippen LogP contribution in [0.3, 0.4) is 0 Å². The predicted molar refractivity (Wildman–Crippen MR) is 85.5 cm³/mol. The molecule has 0 aliphatic rings. The quantitative estimate of drug-likeness (QED) is 0.409. The molecule has 118 valence electrons. The minimum absolute atomic E-state index is 0. The van der Waals surface area contributed by atoms with E-state index in [4.69, 9.17) is 10.2 Å². The van der Waals surface area contributed by atoms with Crippen LogP contribution in [0, 0.1) is 0 Å². The molecule has 0 unspecified atom stereocenters. The van der Waals surface area contributed by atoms with Crippen molar-refractivity contribution < 1.29 is 10.2 Å². The van der Waals surface area contributed by atoms with Gasteiger partial charge in [-0.2, -0.15) is 0 Å². The highest BCUT2D eigenvalue weighted by molar-refractivity contribution is 4.49. The maximum Gasteiger partial charge on any atom is 0.0431 e. The lowest BCUT2D eigenvalue weighted by molar-refractivity contribution is 0.282. The zero-order chi connectivity index (χ0) is 13.3. The maximum atomic E-state index is 8.65. The summed E-state index contributed by atoms with van der Waals surface area (Å²) in [5.41, 5.74) is 0. The molecule has 0 fully saturated rings. The summed E-state index contributed by atoms with van der Waals surface area (Å²) < 4.78 is 0. The van der Waals surface area contributed by atoms with Crippen LogP contribution in [0.1, 0.15) is 97.3 Å². The van der Waals surface area contributed by atoms with Crippen molar-refractivity contribution in [3.63, 3.8) is 0 Å². The Morgan fingerprint density at radius 2 is 0.474 bits per heavy atom. The molecule has 0 saturated carbocycles. The number of hydrogen-bond acceptors (Lipinski definition) is 2. The molecule has 2 heteroatoms. The Balaban J connectivity index is 0. The van der Waals surface area contributed by atoms with Crippen LogP contribution in [0.4, 0.5) is 0 Å². The highest BCUT2D eigenvalue weighted by atomic mass is 16.3. The van der Waals surface area contributed by atoms with Gasteiger partial charge in [-0.3, -0.25) is 0 Å². The number of hydrogen-bond donors (Lipinski definition) is 2. The molecule has 0 aliphatic carbocycles. The summed E-state index contributed by atoms with van der Waals surface area (Å²) in [6.45, 7) is 0.719. The second kappa shape index (κ2) is 20.2. The number of aliphatic hydroxyl groups is 2. The van der Waals surface area contributed by atoms with Gasteiger partial charge in [0.1, 0.15) is 0 Å². The topological polar surface area (TPSA) is 40.5 Å². The summed E-state index contributed by atoms with van der Waals surface area (Å²) in [6, 6.07) is 0.